The Hall–Kier alpha value is -1.68. The second-order valence-electron chi connectivity index (χ2n) is 6.71. The molecule has 4 fully saturated rings. The molecule has 110 valence electrons. The van der Waals surface area contributed by atoms with Crippen molar-refractivity contribution in [2.24, 2.45) is 23.2 Å². The van der Waals surface area contributed by atoms with Gasteiger partial charge in [0, 0.05) is 11.8 Å². The lowest BCUT2D eigenvalue weighted by Crippen LogP contribution is -2.43. The molecule has 0 aromatic heterocycles. The standard InChI is InChI=1S/C17H19NO3/c19-9-12(6-10-4-2-1-3-5-10)18-16(21)17-8-11-7-13(17)14(17)15(11)20/h1-5,11-14,19H,6-9H2,(H,18,21)/t11-,12-,13-,14+,17+/m1/s1. The fourth-order valence-corrected chi connectivity index (χ4v) is 4.65. The van der Waals surface area contributed by atoms with E-state index >= 15 is 0 Å². The number of Topliss-reactive ketones (excluding diaryl/α,β-unsaturated/α-hetero) is 1. The van der Waals surface area contributed by atoms with Gasteiger partial charge in [0.15, 0.2) is 0 Å². The van der Waals surface area contributed by atoms with Crippen LogP contribution in [0.15, 0.2) is 30.3 Å². The molecule has 0 spiro atoms. The zero-order valence-corrected chi connectivity index (χ0v) is 11.8. The Kier molecular flexibility index (Phi) is 2.73. The second kappa shape index (κ2) is 4.41. The molecule has 0 saturated heterocycles. The minimum absolute atomic E-state index is 0.0131. The third-order valence-corrected chi connectivity index (χ3v) is 5.64. The lowest BCUT2D eigenvalue weighted by molar-refractivity contribution is -0.128. The Bertz CT molecular complexity index is 599. The van der Waals surface area contributed by atoms with Crippen LogP contribution < -0.4 is 5.32 Å². The number of benzene rings is 1. The van der Waals surface area contributed by atoms with E-state index in [0.717, 1.165) is 18.4 Å². The lowest BCUT2D eigenvalue weighted by Gasteiger charge is -2.20. The second-order valence-corrected chi connectivity index (χ2v) is 6.71. The first kappa shape index (κ1) is 13.0. The molecule has 4 aliphatic rings. The number of rotatable bonds is 5. The largest absolute Gasteiger partial charge is 0.394 e. The smallest absolute Gasteiger partial charge is 0.227 e. The molecule has 0 radical (unpaired) electrons. The van der Waals surface area contributed by atoms with Gasteiger partial charge < -0.3 is 10.4 Å². The van der Waals surface area contributed by atoms with E-state index < -0.39 is 5.41 Å². The first-order valence-electron chi connectivity index (χ1n) is 7.66. The summed E-state index contributed by atoms with van der Waals surface area (Å²) < 4.78 is 0. The van der Waals surface area contributed by atoms with E-state index in [9.17, 15) is 14.7 Å². The summed E-state index contributed by atoms with van der Waals surface area (Å²) in [5.41, 5.74) is 0.680. The van der Waals surface area contributed by atoms with E-state index in [1.165, 1.54) is 0 Å². The Morgan fingerprint density at radius 1 is 1.38 bits per heavy atom. The maximum Gasteiger partial charge on any atom is 0.227 e. The molecule has 4 bridgehead atoms. The van der Waals surface area contributed by atoms with Gasteiger partial charge in [0.05, 0.1) is 18.1 Å². The highest BCUT2D eigenvalue weighted by atomic mass is 16.3. The lowest BCUT2D eigenvalue weighted by atomic mass is 10.0. The summed E-state index contributed by atoms with van der Waals surface area (Å²) in [5, 5.41) is 12.5. The van der Waals surface area contributed by atoms with Gasteiger partial charge in [-0.3, -0.25) is 9.59 Å². The van der Waals surface area contributed by atoms with Gasteiger partial charge in [-0.05, 0) is 30.7 Å². The van der Waals surface area contributed by atoms with Crippen molar-refractivity contribution in [3.63, 3.8) is 0 Å². The van der Waals surface area contributed by atoms with Crippen molar-refractivity contribution in [2.75, 3.05) is 6.61 Å². The van der Waals surface area contributed by atoms with Gasteiger partial charge >= 0.3 is 0 Å². The Balaban J connectivity index is 1.44. The monoisotopic (exact) mass is 285 g/mol. The maximum atomic E-state index is 12.6. The van der Waals surface area contributed by atoms with Crippen LogP contribution in [0.5, 0.6) is 0 Å². The van der Waals surface area contributed by atoms with E-state index in [4.69, 9.17) is 0 Å². The maximum absolute atomic E-state index is 12.6. The molecule has 1 amide bonds. The molecule has 0 unspecified atom stereocenters. The number of carbonyl (C=O) groups excluding carboxylic acids is 2. The number of carbonyl (C=O) groups is 2. The molecule has 1 aromatic rings. The normalized spacial score (nSPS) is 36.6. The minimum Gasteiger partial charge on any atom is -0.394 e. The van der Waals surface area contributed by atoms with E-state index in [2.05, 4.69) is 5.32 Å². The summed E-state index contributed by atoms with van der Waals surface area (Å²) in [4.78, 5) is 24.5. The van der Waals surface area contributed by atoms with Crippen LogP contribution in [-0.2, 0) is 16.0 Å². The van der Waals surface area contributed by atoms with Gasteiger partial charge in [0.2, 0.25) is 5.91 Å². The van der Waals surface area contributed by atoms with Crippen LogP contribution >= 0.6 is 0 Å². The van der Waals surface area contributed by atoms with Crippen LogP contribution in [-0.4, -0.2) is 29.4 Å². The predicted molar refractivity (Wildman–Crippen MR) is 76.3 cm³/mol. The summed E-state index contributed by atoms with van der Waals surface area (Å²) in [6.45, 7) is -0.0799. The highest BCUT2D eigenvalue weighted by Gasteiger charge is 2.82. The summed E-state index contributed by atoms with van der Waals surface area (Å²) in [6, 6.07) is 9.55. The predicted octanol–water partition coefficient (Wildman–Crippen LogP) is 0.931. The van der Waals surface area contributed by atoms with Crippen LogP contribution in [0.4, 0.5) is 0 Å². The fourth-order valence-electron chi connectivity index (χ4n) is 4.65. The molecule has 5 atom stereocenters. The average Bonchev–Trinajstić information content (AvgIpc) is 2.79. The van der Waals surface area contributed by atoms with E-state index in [-0.39, 0.29) is 36.3 Å². The highest BCUT2D eigenvalue weighted by molar-refractivity contribution is 6.04. The molecule has 4 saturated carbocycles. The number of nitrogens with one attached hydrogen (secondary N) is 1. The molecule has 4 heteroatoms. The quantitative estimate of drug-likeness (QED) is 0.846. The summed E-state index contributed by atoms with van der Waals surface area (Å²) in [7, 11) is 0. The van der Waals surface area contributed by atoms with Gasteiger partial charge in [-0.2, -0.15) is 0 Å². The van der Waals surface area contributed by atoms with Gasteiger partial charge in [-0.25, -0.2) is 0 Å². The summed E-state index contributed by atoms with van der Waals surface area (Å²) in [6.07, 6.45) is 2.25. The zero-order chi connectivity index (χ0) is 14.6. The molecule has 0 aliphatic heterocycles. The number of aliphatic hydroxyl groups excluding tert-OH is 1. The van der Waals surface area contributed by atoms with Gasteiger partial charge in [-0.15, -0.1) is 0 Å². The molecule has 5 rings (SSSR count). The summed E-state index contributed by atoms with van der Waals surface area (Å²) >= 11 is 0. The van der Waals surface area contributed by atoms with Gasteiger partial charge in [0.1, 0.15) is 5.78 Å². The minimum atomic E-state index is -0.411. The SMILES string of the molecule is O=C1[C@@H]2C[C@@H]3[C@@H]1[C@]3(C(=O)N[C@@H](CO)Cc1ccccc1)C2. The van der Waals surface area contributed by atoms with Crippen LogP contribution in [0, 0.1) is 23.2 Å². The topological polar surface area (TPSA) is 66.4 Å². The van der Waals surface area contributed by atoms with E-state index in [1.54, 1.807) is 0 Å². The third-order valence-electron chi connectivity index (χ3n) is 5.64. The van der Waals surface area contributed by atoms with E-state index in [0.29, 0.717) is 12.2 Å². The molecule has 0 heterocycles. The molecule has 4 nitrogen and oxygen atoms in total. The third kappa shape index (κ3) is 1.72. The number of hydrogen-bond acceptors (Lipinski definition) is 3. The first-order valence-corrected chi connectivity index (χ1v) is 7.66. The fraction of sp³-hybridized carbons (Fsp3) is 0.529. The number of amides is 1. The molecule has 2 N–H and O–H groups in total. The Morgan fingerprint density at radius 3 is 2.67 bits per heavy atom. The van der Waals surface area contributed by atoms with Gasteiger partial charge in [0.25, 0.3) is 0 Å². The van der Waals surface area contributed by atoms with Crippen molar-refractivity contribution < 1.29 is 14.7 Å². The van der Waals surface area contributed by atoms with Crippen molar-refractivity contribution in [2.45, 2.75) is 25.3 Å². The Labute approximate surface area is 123 Å². The molecule has 4 aliphatic carbocycles. The van der Waals surface area contributed by atoms with E-state index in [1.807, 2.05) is 30.3 Å². The number of ketones is 1. The van der Waals surface area contributed by atoms with Crippen molar-refractivity contribution in [3.05, 3.63) is 35.9 Å². The first-order chi connectivity index (χ1) is 10.2. The summed E-state index contributed by atoms with van der Waals surface area (Å²) in [5.74, 6) is 0.691. The van der Waals surface area contributed by atoms with Crippen LogP contribution in [0.1, 0.15) is 18.4 Å². The average molecular weight is 285 g/mol. The molecule has 21 heavy (non-hydrogen) atoms. The van der Waals surface area contributed by atoms with Crippen molar-refractivity contribution in [3.8, 4) is 0 Å². The highest BCUT2D eigenvalue weighted by Crippen LogP contribution is 2.77. The molecular formula is C17H19NO3. The molecule has 1 aromatic carbocycles. The van der Waals surface area contributed by atoms with Crippen molar-refractivity contribution in [1.82, 2.24) is 5.32 Å². The van der Waals surface area contributed by atoms with Crippen LogP contribution in [0.25, 0.3) is 0 Å². The Morgan fingerprint density at radius 2 is 2.14 bits per heavy atom. The van der Waals surface area contributed by atoms with Gasteiger partial charge in [-0.1, -0.05) is 30.3 Å². The van der Waals surface area contributed by atoms with Crippen LogP contribution in [0.3, 0.4) is 0 Å². The number of hydrogen-bond donors (Lipinski definition) is 2. The number of aliphatic hydroxyl groups is 1. The zero-order valence-electron chi connectivity index (χ0n) is 11.8. The van der Waals surface area contributed by atoms with Crippen molar-refractivity contribution >= 4 is 11.7 Å². The molecular weight excluding hydrogens is 266 g/mol. The van der Waals surface area contributed by atoms with Crippen LogP contribution in [0.2, 0.25) is 0 Å². The van der Waals surface area contributed by atoms with Crippen molar-refractivity contribution in [1.29, 1.82) is 0 Å².